The molecule has 1 aliphatic carbocycles. The highest BCUT2D eigenvalue weighted by Gasteiger charge is 2.40. The van der Waals surface area contributed by atoms with Gasteiger partial charge in [-0.25, -0.2) is 0 Å². The zero-order valence-electron chi connectivity index (χ0n) is 13.7. The molecule has 1 N–H and O–H groups in total. The zero-order valence-corrected chi connectivity index (χ0v) is 13.7. The van der Waals surface area contributed by atoms with E-state index in [-0.39, 0.29) is 5.97 Å². The quantitative estimate of drug-likeness (QED) is 0.592. The molecule has 1 fully saturated rings. The molecule has 0 aliphatic heterocycles. The van der Waals surface area contributed by atoms with Crippen LogP contribution in [0.2, 0.25) is 0 Å². The third kappa shape index (κ3) is 5.80. The molecule has 0 heterocycles. The smallest absolute Gasteiger partial charge is 0.327 e. The largest absolute Gasteiger partial charge is 0.468 e. The van der Waals surface area contributed by atoms with Crippen molar-refractivity contribution in [3.8, 4) is 0 Å². The molecule has 0 amide bonds. The van der Waals surface area contributed by atoms with E-state index in [0.29, 0.717) is 6.04 Å². The summed E-state index contributed by atoms with van der Waals surface area (Å²) in [6, 6.07) is 0.498. The van der Waals surface area contributed by atoms with E-state index in [2.05, 4.69) is 24.1 Å². The molecular formula is C16H32N2O2. The normalized spacial score (nSPS) is 18.1. The number of unbranched alkanes of at least 4 members (excludes halogenated alkanes) is 2. The average Bonchev–Trinajstić information content (AvgIpc) is 3.24. The molecule has 4 nitrogen and oxygen atoms in total. The van der Waals surface area contributed by atoms with Gasteiger partial charge in [0.15, 0.2) is 0 Å². The van der Waals surface area contributed by atoms with Crippen LogP contribution in [0.15, 0.2) is 0 Å². The highest BCUT2D eigenvalue weighted by molar-refractivity contribution is 5.80. The van der Waals surface area contributed by atoms with Crippen molar-refractivity contribution in [2.45, 2.75) is 70.9 Å². The molecule has 118 valence electrons. The van der Waals surface area contributed by atoms with Crippen molar-refractivity contribution >= 4 is 5.97 Å². The first-order valence-electron chi connectivity index (χ1n) is 8.14. The number of rotatable bonds is 11. The summed E-state index contributed by atoms with van der Waals surface area (Å²) in [6.45, 7) is 9.28. The Morgan fingerprint density at radius 1 is 1.25 bits per heavy atom. The molecule has 1 unspecified atom stereocenters. The maximum Gasteiger partial charge on any atom is 0.327 e. The van der Waals surface area contributed by atoms with Crippen LogP contribution in [0.25, 0.3) is 0 Å². The summed E-state index contributed by atoms with van der Waals surface area (Å²) in [7, 11) is 1.48. The maximum absolute atomic E-state index is 12.2. The minimum Gasteiger partial charge on any atom is -0.468 e. The predicted octanol–water partition coefficient (Wildman–Crippen LogP) is 2.57. The lowest BCUT2D eigenvalue weighted by atomic mass is 10.0. The minimum absolute atomic E-state index is 0.137. The van der Waals surface area contributed by atoms with Gasteiger partial charge in [-0.05, 0) is 45.7 Å². The van der Waals surface area contributed by atoms with Gasteiger partial charge in [0.2, 0.25) is 0 Å². The van der Waals surface area contributed by atoms with Crippen LogP contribution in [0.3, 0.4) is 0 Å². The van der Waals surface area contributed by atoms with Crippen molar-refractivity contribution in [3.63, 3.8) is 0 Å². The van der Waals surface area contributed by atoms with Crippen LogP contribution in [0.5, 0.6) is 0 Å². The Hall–Kier alpha value is -0.610. The number of nitrogens with zero attached hydrogens (tertiary/aromatic N) is 1. The molecule has 1 atom stereocenters. The van der Waals surface area contributed by atoms with Gasteiger partial charge in [-0.1, -0.05) is 26.7 Å². The second-order valence-corrected chi connectivity index (χ2v) is 6.23. The lowest BCUT2D eigenvalue weighted by molar-refractivity contribution is -0.149. The number of hydrogen-bond acceptors (Lipinski definition) is 4. The number of esters is 1. The van der Waals surface area contributed by atoms with Crippen LogP contribution in [0, 0.1) is 0 Å². The molecule has 1 rings (SSSR count). The molecule has 0 spiro atoms. The fourth-order valence-electron chi connectivity index (χ4n) is 2.55. The van der Waals surface area contributed by atoms with Crippen molar-refractivity contribution in [1.29, 1.82) is 0 Å². The van der Waals surface area contributed by atoms with E-state index in [1.165, 1.54) is 45.6 Å². The van der Waals surface area contributed by atoms with E-state index < -0.39 is 5.54 Å². The molecule has 20 heavy (non-hydrogen) atoms. The summed E-state index contributed by atoms with van der Waals surface area (Å²) >= 11 is 0. The molecule has 0 bridgehead atoms. The Morgan fingerprint density at radius 2 is 1.80 bits per heavy atom. The standard InChI is InChI=1S/C16H32N2O2/c1-5-7-11-18(12-8-6-2)13-16(3,15(19)20-4)17-14-9-10-14/h14,17H,5-13H2,1-4H3. The van der Waals surface area contributed by atoms with Crippen molar-refractivity contribution < 1.29 is 9.53 Å². The molecule has 0 saturated heterocycles. The van der Waals surface area contributed by atoms with E-state index in [1.54, 1.807) is 0 Å². The summed E-state index contributed by atoms with van der Waals surface area (Å²) < 4.78 is 5.03. The first-order chi connectivity index (χ1) is 9.55. The van der Waals surface area contributed by atoms with Gasteiger partial charge in [-0.2, -0.15) is 0 Å². The lowest BCUT2D eigenvalue weighted by Crippen LogP contribution is -2.58. The number of hydrogen-bond donors (Lipinski definition) is 1. The van der Waals surface area contributed by atoms with Gasteiger partial charge in [0, 0.05) is 12.6 Å². The van der Waals surface area contributed by atoms with E-state index in [0.717, 1.165) is 19.6 Å². The summed E-state index contributed by atoms with van der Waals surface area (Å²) in [4.78, 5) is 14.6. The molecule has 0 aromatic heterocycles. The third-order valence-corrected chi connectivity index (χ3v) is 3.93. The van der Waals surface area contributed by atoms with Crippen molar-refractivity contribution in [2.24, 2.45) is 0 Å². The number of nitrogens with one attached hydrogen (secondary N) is 1. The summed E-state index contributed by atoms with van der Waals surface area (Å²) in [6.07, 6.45) is 7.10. The molecule has 1 aliphatic rings. The molecule has 4 heteroatoms. The fourth-order valence-corrected chi connectivity index (χ4v) is 2.55. The van der Waals surface area contributed by atoms with Crippen molar-refractivity contribution in [3.05, 3.63) is 0 Å². The maximum atomic E-state index is 12.2. The summed E-state index contributed by atoms with van der Waals surface area (Å²) in [5, 5.41) is 3.49. The summed E-state index contributed by atoms with van der Waals surface area (Å²) in [5.41, 5.74) is -0.572. The van der Waals surface area contributed by atoms with Gasteiger partial charge in [-0.3, -0.25) is 10.1 Å². The van der Waals surface area contributed by atoms with Crippen LogP contribution in [-0.2, 0) is 9.53 Å². The van der Waals surface area contributed by atoms with Gasteiger partial charge in [0.1, 0.15) is 5.54 Å². The molecule has 0 radical (unpaired) electrons. The van der Waals surface area contributed by atoms with Gasteiger partial charge < -0.3 is 9.64 Å². The van der Waals surface area contributed by atoms with Gasteiger partial charge in [-0.15, -0.1) is 0 Å². The summed E-state index contributed by atoms with van der Waals surface area (Å²) in [5.74, 6) is -0.137. The number of ether oxygens (including phenoxy) is 1. The van der Waals surface area contributed by atoms with Crippen LogP contribution in [-0.4, -0.2) is 49.2 Å². The monoisotopic (exact) mass is 284 g/mol. The van der Waals surface area contributed by atoms with Crippen LogP contribution < -0.4 is 5.32 Å². The average molecular weight is 284 g/mol. The Kier molecular flexibility index (Phi) is 7.52. The minimum atomic E-state index is -0.572. The Morgan fingerprint density at radius 3 is 2.20 bits per heavy atom. The Bertz CT molecular complexity index is 284. The fraction of sp³-hybridized carbons (Fsp3) is 0.938. The van der Waals surface area contributed by atoms with Crippen molar-refractivity contribution in [2.75, 3.05) is 26.7 Å². The van der Waals surface area contributed by atoms with E-state index in [4.69, 9.17) is 4.74 Å². The number of methoxy groups -OCH3 is 1. The highest BCUT2D eigenvalue weighted by atomic mass is 16.5. The topological polar surface area (TPSA) is 41.6 Å². The zero-order chi connectivity index (χ0) is 15.0. The second-order valence-electron chi connectivity index (χ2n) is 6.23. The SMILES string of the molecule is CCCCN(CCCC)CC(C)(NC1CC1)C(=O)OC. The predicted molar refractivity (Wildman–Crippen MR) is 82.8 cm³/mol. The number of carbonyl (C=O) groups excluding carboxylic acids is 1. The van der Waals surface area contributed by atoms with E-state index >= 15 is 0 Å². The Balaban J connectivity index is 2.63. The van der Waals surface area contributed by atoms with E-state index in [9.17, 15) is 4.79 Å². The molecule has 0 aromatic carbocycles. The number of carbonyl (C=O) groups is 1. The van der Waals surface area contributed by atoms with E-state index in [1.807, 2.05) is 6.92 Å². The Labute approximate surface area is 124 Å². The van der Waals surface area contributed by atoms with Crippen LogP contribution in [0.4, 0.5) is 0 Å². The molecule has 0 aromatic rings. The molecular weight excluding hydrogens is 252 g/mol. The van der Waals surface area contributed by atoms with Gasteiger partial charge in [0.25, 0.3) is 0 Å². The van der Waals surface area contributed by atoms with Gasteiger partial charge in [0.05, 0.1) is 7.11 Å². The van der Waals surface area contributed by atoms with Gasteiger partial charge >= 0.3 is 5.97 Å². The second kappa shape index (κ2) is 8.63. The highest BCUT2D eigenvalue weighted by Crippen LogP contribution is 2.24. The first-order valence-corrected chi connectivity index (χ1v) is 8.14. The lowest BCUT2D eigenvalue weighted by Gasteiger charge is -2.34. The van der Waals surface area contributed by atoms with Crippen LogP contribution >= 0.6 is 0 Å². The third-order valence-electron chi connectivity index (χ3n) is 3.93. The molecule has 1 saturated carbocycles. The van der Waals surface area contributed by atoms with Crippen LogP contribution in [0.1, 0.15) is 59.3 Å². The first kappa shape index (κ1) is 17.4. The van der Waals surface area contributed by atoms with Crippen molar-refractivity contribution in [1.82, 2.24) is 10.2 Å².